The largest absolute Gasteiger partial charge is 0.255 e. The summed E-state index contributed by atoms with van der Waals surface area (Å²) in [7, 11) is 0. The summed E-state index contributed by atoms with van der Waals surface area (Å²) in [5, 5.41) is 2.20. The molecule has 2 aromatic carbocycles. The van der Waals surface area contributed by atoms with Crippen molar-refractivity contribution < 1.29 is 0 Å². The minimum atomic E-state index is 0.936. The van der Waals surface area contributed by atoms with Gasteiger partial charge in [0.1, 0.15) is 0 Å². The summed E-state index contributed by atoms with van der Waals surface area (Å²) in [6, 6.07) is 20.1. The van der Waals surface area contributed by atoms with E-state index in [9.17, 15) is 0 Å². The fourth-order valence-electron chi connectivity index (χ4n) is 2.54. The third-order valence-corrected chi connectivity index (χ3v) is 3.60. The number of aromatic nitrogens is 2. The standard InChI is InChI=1S/C20H12N2/c1-5-15-9-3-13-21-19(15)17(7-1)11-12-18-8-2-6-16-10-4-14-22-20(16)18/h1-10,13-14H. The molecule has 0 radical (unpaired) electrons. The van der Waals surface area contributed by atoms with Crippen LogP contribution in [0.2, 0.25) is 0 Å². The fourth-order valence-corrected chi connectivity index (χ4v) is 2.54. The van der Waals surface area contributed by atoms with E-state index in [1.807, 2.05) is 60.7 Å². The van der Waals surface area contributed by atoms with E-state index in [1.165, 1.54) is 0 Å². The summed E-state index contributed by atoms with van der Waals surface area (Å²) in [6.45, 7) is 0. The molecular weight excluding hydrogens is 268 g/mol. The molecule has 0 aliphatic carbocycles. The van der Waals surface area contributed by atoms with Crippen molar-refractivity contribution >= 4 is 21.8 Å². The number of benzene rings is 2. The van der Waals surface area contributed by atoms with Crippen molar-refractivity contribution in [3.8, 4) is 11.8 Å². The van der Waals surface area contributed by atoms with E-state index in [1.54, 1.807) is 12.4 Å². The molecule has 0 unspecified atom stereocenters. The first-order valence-electron chi connectivity index (χ1n) is 7.11. The quantitative estimate of drug-likeness (QED) is 0.451. The average molecular weight is 280 g/mol. The Bertz CT molecular complexity index is 945. The molecule has 102 valence electrons. The highest BCUT2D eigenvalue weighted by Gasteiger charge is 2.00. The van der Waals surface area contributed by atoms with Gasteiger partial charge in [-0.25, -0.2) is 0 Å². The van der Waals surface area contributed by atoms with Gasteiger partial charge in [0.05, 0.1) is 22.2 Å². The van der Waals surface area contributed by atoms with Crippen molar-refractivity contribution in [3.05, 3.63) is 84.2 Å². The molecule has 22 heavy (non-hydrogen) atoms. The molecule has 0 saturated carbocycles. The van der Waals surface area contributed by atoms with Crippen LogP contribution in [0.1, 0.15) is 11.1 Å². The topological polar surface area (TPSA) is 25.8 Å². The second-order valence-corrected chi connectivity index (χ2v) is 5.01. The summed E-state index contributed by atoms with van der Waals surface area (Å²) >= 11 is 0. The van der Waals surface area contributed by atoms with Crippen LogP contribution in [0.15, 0.2) is 73.1 Å². The SMILES string of the molecule is C(#Cc1cccc2cccnc12)c1cccc2cccnc12. The van der Waals surface area contributed by atoms with Gasteiger partial charge < -0.3 is 0 Å². The maximum absolute atomic E-state index is 4.44. The van der Waals surface area contributed by atoms with E-state index < -0.39 is 0 Å². The molecule has 0 aliphatic heterocycles. The zero-order valence-electron chi connectivity index (χ0n) is 11.8. The van der Waals surface area contributed by atoms with Gasteiger partial charge in [-0.3, -0.25) is 9.97 Å². The third-order valence-electron chi connectivity index (χ3n) is 3.60. The number of nitrogens with zero attached hydrogens (tertiary/aromatic N) is 2. The van der Waals surface area contributed by atoms with Crippen LogP contribution < -0.4 is 0 Å². The number of fused-ring (bicyclic) bond motifs is 2. The average Bonchev–Trinajstić information content (AvgIpc) is 2.60. The highest BCUT2D eigenvalue weighted by molar-refractivity contribution is 5.86. The molecule has 0 aliphatic rings. The lowest BCUT2D eigenvalue weighted by Crippen LogP contribution is -1.85. The Hall–Kier alpha value is -3.18. The molecule has 2 nitrogen and oxygen atoms in total. The Balaban J connectivity index is 1.88. The van der Waals surface area contributed by atoms with Crippen LogP contribution in [-0.2, 0) is 0 Å². The lowest BCUT2D eigenvalue weighted by Gasteiger charge is -2.00. The molecule has 4 aromatic rings. The van der Waals surface area contributed by atoms with Crippen molar-refractivity contribution in [1.29, 1.82) is 0 Å². The molecular formula is C20H12N2. The maximum atomic E-state index is 4.44. The van der Waals surface area contributed by atoms with Crippen LogP contribution >= 0.6 is 0 Å². The van der Waals surface area contributed by atoms with Crippen molar-refractivity contribution in [1.82, 2.24) is 9.97 Å². The molecule has 4 rings (SSSR count). The van der Waals surface area contributed by atoms with Crippen LogP contribution in [0.4, 0.5) is 0 Å². The van der Waals surface area contributed by atoms with Crippen LogP contribution in [0, 0.1) is 11.8 Å². The first-order valence-corrected chi connectivity index (χ1v) is 7.11. The molecule has 0 spiro atoms. The molecule has 0 bridgehead atoms. The summed E-state index contributed by atoms with van der Waals surface area (Å²) in [5.41, 5.74) is 3.74. The predicted octanol–water partition coefficient (Wildman–Crippen LogP) is 4.18. The first-order chi connectivity index (χ1) is 10.9. The normalized spacial score (nSPS) is 10.4. The second-order valence-electron chi connectivity index (χ2n) is 5.01. The molecule has 0 fully saturated rings. The van der Waals surface area contributed by atoms with Crippen molar-refractivity contribution in [2.75, 3.05) is 0 Å². The van der Waals surface area contributed by atoms with Crippen molar-refractivity contribution in [2.24, 2.45) is 0 Å². The molecule has 2 heteroatoms. The van der Waals surface area contributed by atoms with Crippen LogP contribution in [0.3, 0.4) is 0 Å². The van der Waals surface area contributed by atoms with E-state index >= 15 is 0 Å². The highest BCUT2D eigenvalue weighted by Crippen LogP contribution is 2.17. The number of hydrogen-bond donors (Lipinski definition) is 0. The minimum Gasteiger partial charge on any atom is -0.255 e. The van der Waals surface area contributed by atoms with Gasteiger partial charge in [0.2, 0.25) is 0 Å². The zero-order valence-corrected chi connectivity index (χ0v) is 11.8. The minimum absolute atomic E-state index is 0.936. The monoisotopic (exact) mass is 280 g/mol. The molecule has 2 heterocycles. The predicted molar refractivity (Wildman–Crippen MR) is 89.5 cm³/mol. The summed E-state index contributed by atoms with van der Waals surface area (Å²) < 4.78 is 0. The molecule has 0 atom stereocenters. The van der Waals surface area contributed by atoms with E-state index in [2.05, 4.69) is 21.8 Å². The van der Waals surface area contributed by atoms with Gasteiger partial charge in [-0.2, -0.15) is 0 Å². The van der Waals surface area contributed by atoms with Gasteiger partial charge in [0, 0.05) is 23.2 Å². The first kappa shape index (κ1) is 12.6. The van der Waals surface area contributed by atoms with Gasteiger partial charge in [-0.1, -0.05) is 48.2 Å². The maximum Gasteiger partial charge on any atom is 0.0858 e. The van der Waals surface area contributed by atoms with Crippen molar-refractivity contribution in [2.45, 2.75) is 0 Å². The summed E-state index contributed by atoms with van der Waals surface area (Å²) in [6.07, 6.45) is 3.60. The Kier molecular flexibility index (Phi) is 3.03. The van der Waals surface area contributed by atoms with E-state index in [0.29, 0.717) is 0 Å². The van der Waals surface area contributed by atoms with E-state index in [-0.39, 0.29) is 0 Å². The van der Waals surface area contributed by atoms with Gasteiger partial charge in [-0.15, -0.1) is 0 Å². The smallest absolute Gasteiger partial charge is 0.0858 e. The van der Waals surface area contributed by atoms with Crippen LogP contribution in [-0.4, -0.2) is 9.97 Å². The Morgan fingerprint density at radius 2 is 1.00 bits per heavy atom. The number of rotatable bonds is 0. The van der Waals surface area contributed by atoms with Gasteiger partial charge in [0.25, 0.3) is 0 Å². The molecule has 0 N–H and O–H groups in total. The van der Waals surface area contributed by atoms with Gasteiger partial charge in [0.15, 0.2) is 0 Å². The lowest BCUT2D eigenvalue weighted by molar-refractivity contribution is 1.40. The Morgan fingerprint density at radius 1 is 0.545 bits per heavy atom. The lowest BCUT2D eigenvalue weighted by atomic mass is 10.1. The third kappa shape index (κ3) is 2.19. The van der Waals surface area contributed by atoms with E-state index in [0.717, 1.165) is 32.9 Å². The summed E-state index contributed by atoms with van der Waals surface area (Å²) in [4.78, 5) is 8.88. The van der Waals surface area contributed by atoms with Crippen LogP contribution in [0.5, 0.6) is 0 Å². The van der Waals surface area contributed by atoms with Crippen molar-refractivity contribution in [3.63, 3.8) is 0 Å². The van der Waals surface area contributed by atoms with Crippen LogP contribution in [0.25, 0.3) is 21.8 Å². The second kappa shape index (κ2) is 5.31. The number of pyridine rings is 2. The number of para-hydroxylation sites is 2. The molecule has 0 amide bonds. The Morgan fingerprint density at radius 3 is 1.50 bits per heavy atom. The summed E-state index contributed by atoms with van der Waals surface area (Å²) in [5.74, 6) is 6.49. The molecule has 2 aromatic heterocycles. The zero-order chi connectivity index (χ0) is 14.8. The molecule has 0 saturated heterocycles. The Labute approximate surface area is 128 Å². The van der Waals surface area contributed by atoms with Gasteiger partial charge >= 0.3 is 0 Å². The van der Waals surface area contributed by atoms with Gasteiger partial charge in [-0.05, 0) is 24.3 Å². The highest BCUT2D eigenvalue weighted by atomic mass is 14.7. The number of hydrogen-bond acceptors (Lipinski definition) is 2. The fraction of sp³-hybridized carbons (Fsp3) is 0. The van der Waals surface area contributed by atoms with E-state index in [4.69, 9.17) is 0 Å².